The van der Waals surface area contributed by atoms with E-state index in [2.05, 4.69) is 71.0 Å². The standard InChI is InChI=1S/C21H32N6.HI/c1-3-22-21(23-11-13-27-16-18(2)14-25-27)24-15-20-10-7-12-26(20)17-19-8-5-4-6-9-19;/h4-6,8-9,14,16,20H,3,7,10-13,15,17H2,1-2H3,(H2,22,23,24);1H. The van der Waals surface area contributed by atoms with E-state index in [0.717, 1.165) is 45.2 Å². The Balaban J connectivity index is 0.00000280. The molecule has 154 valence electrons. The number of benzene rings is 1. The Hall–Kier alpha value is -1.61. The molecule has 2 N–H and O–H groups in total. The van der Waals surface area contributed by atoms with Crippen LogP contribution in [0, 0.1) is 6.92 Å². The molecule has 0 radical (unpaired) electrons. The van der Waals surface area contributed by atoms with E-state index in [1.807, 2.05) is 10.9 Å². The first-order valence-corrected chi connectivity index (χ1v) is 10.0. The van der Waals surface area contributed by atoms with Crippen molar-refractivity contribution in [2.75, 3.05) is 26.2 Å². The first kappa shape index (κ1) is 22.7. The highest BCUT2D eigenvalue weighted by molar-refractivity contribution is 14.0. The molecule has 1 aliphatic heterocycles. The van der Waals surface area contributed by atoms with Crippen molar-refractivity contribution in [3.63, 3.8) is 0 Å². The first-order chi connectivity index (χ1) is 13.2. The third-order valence-corrected chi connectivity index (χ3v) is 4.93. The van der Waals surface area contributed by atoms with Gasteiger partial charge in [-0.2, -0.15) is 5.10 Å². The summed E-state index contributed by atoms with van der Waals surface area (Å²) in [7, 11) is 0. The fraction of sp³-hybridized carbons (Fsp3) is 0.524. The van der Waals surface area contributed by atoms with E-state index in [1.54, 1.807) is 0 Å². The summed E-state index contributed by atoms with van der Waals surface area (Å²) < 4.78 is 1.96. The molecule has 2 heterocycles. The molecule has 0 bridgehead atoms. The maximum atomic E-state index is 4.85. The van der Waals surface area contributed by atoms with E-state index in [4.69, 9.17) is 4.99 Å². The summed E-state index contributed by atoms with van der Waals surface area (Å²) in [5, 5.41) is 11.1. The van der Waals surface area contributed by atoms with Gasteiger partial charge in [-0.15, -0.1) is 24.0 Å². The fourth-order valence-electron chi connectivity index (χ4n) is 3.54. The lowest BCUT2D eigenvalue weighted by molar-refractivity contribution is 0.250. The van der Waals surface area contributed by atoms with Crippen molar-refractivity contribution >= 4 is 29.9 Å². The van der Waals surface area contributed by atoms with Gasteiger partial charge in [-0.25, -0.2) is 0 Å². The zero-order chi connectivity index (χ0) is 18.9. The van der Waals surface area contributed by atoms with Crippen molar-refractivity contribution in [2.45, 2.75) is 45.8 Å². The second kappa shape index (κ2) is 12.1. The molecular weight excluding hydrogens is 463 g/mol. The maximum absolute atomic E-state index is 4.85. The van der Waals surface area contributed by atoms with Crippen LogP contribution in [-0.4, -0.2) is 52.9 Å². The Morgan fingerprint density at radius 2 is 2.07 bits per heavy atom. The van der Waals surface area contributed by atoms with E-state index >= 15 is 0 Å². The third kappa shape index (κ3) is 7.09. The van der Waals surface area contributed by atoms with Gasteiger partial charge in [0.2, 0.25) is 0 Å². The molecule has 1 atom stereocenters. The SMILES string of the molecule is CCNC(=NCC1CCCN1Cc1ccccc1)NCCn1cc(C)cn1.I. The highest BCUT2D eigenvalue weighted by atomic mass is 127. The molecule has 28 heavy (non-hydrogen) atoms. The molecule has 0 spiro atoms. The topological polar surface area (TPSA) is 57.5 Å². The molecule has 6 nitrogen and oxygen atoms in total. The molecule has 7 heteroatoms. The highest BCUT2D eigenvalue weighted by Gasteiger charge is 2.24. The molecule has 1 aromatic heterocycles. The number of hydrogen-bond donors (Lipinski definition) is 2. The van der Waals surface area contributed by atoms with Crippen LogP contribution in [0.3, 0.4) is 0 Å². The number of rotatable bonds is 8. The lowest BCUT2D eigenvalue weighted by Crippen LogP contribution is -2.40. The summed E-state index contributed by atoms with van der Waals surface area (Å²) in [6.45, 7) is 9.69. The predicted molar refractivity (Wildman–Crippen MR) is 126 cm³/mol. The van der Waals surface area contributed by atoms with Gasteiger partial charge in [0.15, 0.2) is 5.96 Å². The molecule has 1 aromatic carbocycles. The van der Waals surface area contributed by atoms with Crippen LogP contribution in [-0.2, 0) is 13.1 Å². The Morgan fingerprint density at radius 3 is 2.79 bits per heavy atom. The summed E-state index contributed by atoms with van der Waals surface area (Å²) in [5.41, 5.74) is 2.57. The first-order valence-electron chi connectivity index (χ1n) is 10.0. The van der Waals surface area contributed by atoms with Crippen LogP contribution in [0.15, 0.2) is 47.7 Å². The summed E-state index contributed by atoms with van der Waals surface area (Å²) in [6, 6.07) is 11.3. The molecule has 0 aliphatic carbocycles. The second-order valence-electron chi connectivity index (χ2n) is 7.18. The Kier molecular flexibility index (Phi) is 9.77. The third-order valence-electron chi connectivity index (χ3n) is 4.93. The van der Waals surface area contributed by atoms with Gasteiger partial charge in [0.25, 0.3) is 0 Å². The normalized spacial score (nSPS) is 17.4. The van der Waals surface area contributed by atoms with E-state index in [-0.39, 0.29) is 24.0 Å². The number of aliphatic imine (C=N–C) groups is 1. The van der Waals surface area contributed by atoms with Gasteiger partial charge >= 0.3 is 0 Å². The van der Waals surface area contributed by atoms with Gasteiger partial charge in [0, 0.05) is 31.9 Å². The van der Waals surface area contributed by atoms with E-state index in [0.29, 0.717) is 6.04 Å². The summed E-state index contributed by atoms with van der Waals surface area (Å²) in [6.07, 6.45) is 6.43. The van der Waals surface area contributed by atoms with Crippen molar-refractivity contribution in [3.8, 4) is 0 Å². The Bertz CT molecular complexity index is 715. The lowest BCUT2D eigenvalue weighted by Gasteiger charge is -2.23. The van der Waals surface area contributed by atoms with Crippen molar-refractivity contribution in [1.29, 1.82) is 0 Å². The van der Waals surface area contributed by atoms with Crippen LogP contribution < -0.4 is 10.6 Å². The molecule has 3 rings (SSSR count). The monoisotopic (exact) mass is 496 g/mol. The summed E-state index contributed by atoms with van der Waals surface area (Å²) >= 11 is 0. The minimum atomic E-state index is 0. The molecule has 2 aromatic rings. The zero-order valence-corrected chi connectivity index (χ0v) is 19.3. The molecule has 1 aliphatic rings. The van der Waals surface area contributed by atoms with Gasteiger partial charge in [-0.1, -0.05) is 30.3 Å². The van der Waals surface area contributed by atoms with E-state index in [1.165, 1.54) is 24.0 Å². The summed E-state index contributed by atoms with van der Waals surface area (Å²) in [5.74, 6) is 0.896. The van der Waals surface area contributed by atoms with Crippen LogP contribution >= 0.6 is 24.0 Å². The Morgan fingerprint density at radius 1 is 1.25 bits per heavy atom. The number of guanidine groups is 1. The van der Waals surface area contributed by atoms with Crippen molar-refractivity contribution < 1.29 is 0 Å². The average Bonchev–Trinajstić information content (AvgIpc) is 3.29. The fourth-order valence-corrected chi connectivity index (χ4v) is 3.54. The van der Waals surface area contributed by atoms with Gasteiger partial charge in [-0.3, -0.25) is 14.6 Å². The van der Waals surface area contributed by atoms with Crippen molar-refractivity contribution in [3.05, 3.63) is 53.9 Å². The number of aromatic nitrogens is 2. The number of hydrogen-bond acceptors (Lipinski definition) is 3. The zero-order valence-electron chi connectivity index (χ0n) is 17.0. The van der Waals surface area contributed by atoms with Crippen molar-refractivity contribution in [2.24, 2.45) is 4.99 Å². The largest absolute Gasteiger partial charge is 0.357 e. The van der Waals surface area contributed by atoms with E-state index in [9.17, 15) is 0 Å². The van der Waals surface area contributed by atoms with Gasteiger partial charge in [0.05, 0.1) is 19.3 Å². The maximum Gasteiger partial charge on any atom is 0.191 e. The van der Waals surface area contributed by atoms with Crippen LogP contribution in [0.4, 0.5) is 0 Å². The predicted octanol–water partition coefficient (Wildman–Crippen LogP) is 3.03. The van der Waals surface area contributed by atoms with Gasteiger partial charge in [-0.05, 0) is 44.4 Å². The molecular formula is C21H33IN6. The Labute approximate surface area is 185 Å². The number of halogens is 1. The number of nitrogens with one attached hydrogen (secondary N) is 2. The quantitative estimate of drug-likeness (QED) is 0.335. The smallest absolute Gasteiger partial charge is 0.191 e. The van der Waals surface area contributed by atoms with Crippen LogP contribution in [0.5, 0.6) is 0 Å². The van der Waals surface area contributed by atoms with Crippen LogP contribution in [0.2, 0.25) is 0 Å². The highest BCUT2D eigenvalue weighted by Crippen LogP contribution is 2.20. The van der Waals surface area contributed by atoms with Crippen LogP contribution in [0.25, 0.3) is 0 Å². The van der Waals surface area contributed by atoms with Crippen molar-refractivity contribution in [1.82, 2.24) is 25.3 Å². The average molecular weight is 496 g/mol. The number of nitrogens with zero attached hydrogens (tertiary/aromatic N) is 4. The summed E-state index contributed by atoms with van der Waals surface area (Å²) in [4.78, 5) is 7.41. The van der Waals surface area contributed by atoms with Crippen LogP contribution in [0.1, 0.15) is 30.9 Å². The second-order valence-corrected chi connectivity index (χ2v) is 7.18. The minimum absolute atomic E-state index is 0. The molecule has 1 fully saturated rings. The number of likely N-dealkylation sites (tertiary alicyclic amines) is 1. The molecule has 1 saturated heterocycles. The van der Waals surface area contributed by atoms with Gasteiger partial charge in [0.1, 0.15) is 0 Å². The number of aryl methyl sites for hydroxylation is 1. The molecule has 0 saturated carbocycles. The molecule has 1 unspecified atom stereocenters. The lowest BCUT2D eigenvalue weighted by atomic mass is 10.2. The van der Waals surface area contributed by atoms with E-state index < -0.39 is 0 Å². The molecule has 0 amide bonds. The van der Waals surface area contributed by atoms with Gasteiger partial charge < -0.3 is 10.6 Å². The minimum Gasteiger partial charge on any atom is -0.357 e.